The minimum atomic E-state index is -1.10. The second kappa shape index (κ2) is 8.11. The summed E-state index contributed by atoms with van der Waals surface area (Å²) in [4.78, 5) is 35.7. The number of carbonyl (C=O) groups excluding carboxylic acids is 2. The van der Waals surface area contributed by atoms with Gasteiger partial charge in [0.2, 0.25) is 11.8 Å². The van der Waals surface area contributed by atoms with Crippen LogP contribution in [0.4, 0.5) is 0 Å². The topological polar surface area (TPSA) is 95.9 Å². The molecule has 1 rings (SSSR count). The van der Waals surface area contributed by atoms with E-state index >= 15 is 0 Å². The summed E-state index contributed by atoms with van der Waals surface area (Å²) >= 11 is 1.23. The Balaban J connectivity index is 2.43. The molecule has 0 aliphatic carbocycles. The second-order valence-electron chi connectivity index (χ2n) is 4.50. The van der Waals surface area contributed by atoms with Crippen LogP contribution in [0.5, 0.6) is 0 Å². The number of amides is 2. The number of carboxylic acid groups (broad SMARTS) is 1. The minimum Gasteiger partial charge on any atom is -0.480 e. The number of thioether (sulfide) groups is 1. The normalized spacial score (nSPS) is 18.2. The summed E-state index contributed by atoms with van der Waals surface area (Å²) in [6.07, 6.45) is 0. The number of hydrogen-bond donors (Lipinski definition) is 2. The van der Waals surface area contributed by atoms with E-state index in [1.807, 2.05) is 0 Å². The molecule has 1 fully saturated rings. The highest BCUT2D eigenvalue weighted by Gasteiger charge is 2.25. The number of aliphatic carboxylic acids is 1. The Morgan fingerprint density at radius 2 is 1.95 bits per heavy atom. The molecule has 1 aliphatic rings. The van der Waals surface area contributed by atoms with Gasteiger partial charge >= 0.3 is 5.97 Å². The van der Waals surface area contributed by atoms with Crippen molar-refractivity contribution in [1.82, 2.24) is 10.2 Å². The van der Waals surface area contributed by atoms with Gasteiger partial charge in [-0.25, -0.2) is 4.79 Å². The lowest BCUT2D eigenvalue weighted by Crippen LogP contribution is -2.45. The fraction of sp³-hybridized carbons (Fsp3) is 0.750. The molecule has 0 saturated carbocycles. The van der Waals surface area contributed by atoms with E-state index in [1.165, 1.54) is 18.7 Å². The Hall–Kier alpha value is -1.28. The molecular formula is C12H20N2O5S. The van der Waals surface area contributed by atoms with Crippen molar-refractivity contribution in [3.63, 3.8) is 0 Å². The number of nitrogens with zero attached hydrogens (tertiary/aromatic N) is 1. The predicted molar refractivity (Wildman–Crippen MR) is 74.6 cm³/mol. The first-order valence-electron chi connectivity index (χ1n) is 6.40. The van der Waals surface area contributed by atoms with E-state index in [9.17, 15) is 14.4 Å². The largest absolute Gasteiger partial charge is 0.480 e. The van der Waals surface area contributed by atoms with Gasteiger partial charge < -0.3 is 20.1 Å². The Bertz CT molecular complexity index is 371. The third-order valence-electron chi connectivity index (χ3n) is 2.86. The van der Waals surface area contributed by atoms with E-state index in [2.05, 4.69) is 5.32 Å². The van der Waals surface area contributed by atoms with E-state index in [0.29, 0.717) is 26.3 Å². The summed E-state index contributed by atoms with van der Waals surface area (Å²) < 4.78 is 5.18. The molecule has 114 valence electrons. The Morgan fingerprint density at radius 1 is 1.35 bits per heavy atom. The number of carbonyl (C=O) groups is 3. The van der Waals surface area contributed by atoms with Crippen molar-refractivity contribution >= 4 is 29.5 Å². The minimum absolute atomic E-state index is 0.0229. The maximum Gasteiger partial charge on any atom is 0.327 e. The summed E-state index contributed by atoms with van der Waals surface area (Å²) in [5, 5.41) is 11.0. The number of hydrogen-bond acceptors (Lipinski definition) is 5. The predicted octanol–water partition coefficient (Wildman–Crippen LogP) is -0.444. The first-order valence-corrected chi connectivity index (χ1v) is 7.44. The fourth-order valence-electron chi connectivity index (χ4n) is 1.77. The number of nitrogens with one attached hydrogen (secondary N) is 1. The molecule has 8 heteroatoms. The van der Waals surface area contributed by atoms with E-state index in [4.69, 9.17) is 9.84 Å². The van der Waals surface area contributed by atoms with Crippen LogP contribution < -0.4 is 5.32 Å². The summed E-state index contributed by atoms with van der Waals surface area (Å²) in [5.41, 5.74) is 0. The maximum atomic E-state index is 12.1. The highest BCUT2D eigenvalue weighted by atomic mass is 32.2. The lowest BCUT2D eigenvalue weighted by Gasteiger charge is -2.29. The van der Waals surface area contributed by atoms with Gasteiger partial charge in [0.15, 0.2) is 0 Å². The van der Waals surface area contributed by atoms with E-state index in [0.717, 1.165) is 0 Å². The number of rotatable bonds is 6. The molecule has 0 spiro atoms. The number of carboxylic acids is 1. The average Bonchev–Trinajstić information content (AvgIpc) is 2.42. The van der Waals surface area contributed by atoms with Crippen molar-refractivity contribution in [2.24, 2.45) is 0 Å². The highest BCUT2D eigenvalue weighted by molar-refractivity contribution is 8.00. The lowest BCUT2D eigenvalue weighted by molar-refractivity contribution is -0.140. The van der Waals surface area contributed by atoms with Gasteiger partial charge in [-0.3, -0.25) is 9.59 Å². The SMILES string of the molecule is CC(=O)N[C@@H](CSC(C)C(=O)N1CCOCC1)C(=O)O. The van der Waals surface area contributed by atoms with Crippen LogP contribution in [0.15, 0.2) is 0 Å². The highest BCUT2D eigenvalue weighted by Crippen LogP contribution is 2.15. The maximum absolute atomic E-state index is 12.1. The van der Waals surface area contributed by atoms with Gasteiger partial charge in [0.25, 0.3) is 0 Å². The smallest absolute Gasteiger partial charge is 0.327 e. The van der Waals surface area contributed by atoms with Crippen LogP contribution in [0, 0.1) is 0 Å². The van der Waals surface area contributed by atoms with E-state index in [-0.39, 0.29) is 16.9 Å². The molecule has 1 aliphatic heterocycles. The Morgan fingerprint density at radius 3 is 2.45 bits per heavy atom. The molecule has 0 aromatic rings. The Kier molecular flexibility index (Phi) is 6.80. The summed E-state index contributed by atoms with van der Waals surface area (Å²) in [6.45, 7) is 5.22. The van der Waals surface area contributed by atoms with Crippen molar-refractivity contribution in [3.05, 3.63) is 0 Å². The summed E-state index contributed by atoms with van der Waals surface area (Å²) in [6, 6.07) is -0.975. The molecule has 2 amide bonds. The molecule has 0 aromatic carbocycles. The van der Waals surface area contributed by atoms with Gasteiger partial charge in [0.05, 0.1) is 18.5 Å². The zero-order valence-electron chi connectivity index (χ0n) is 11.6. The fourth-order valence-corrected chi connectivity index (χ4v) is 2.77. The molecule has 2 atom stereocenters. The van der Waals surface area contributed by atoms with Crippen molar-refractivity contribution in [1.29, 1.82) is 0 Å². The molecule has 0 radical (unpaired) electrons. The molecule has 0 aromatic heterocycles. The van der Waals surface area contributed by atoms with Crippen LogP contribution in [0.25, 0.3) is 0 Å². The zero-order valence-corrected chi connectivity index (χ0v) is 12.4. The van der Waals surface area contributed by atoms with Crippen LogP contribution in [0.3, 0.4) is 0 Å². The van der Waals surface area contributed by atoms with Gasteiger partial charge in [-0.1, -0.05) is 0 Å². The van der Waals surface area contributed by atoms with Crippen LogP contribution >= 0.6 is 11.8 Å². The third kappa shape index (κ3) is 5.38. The first-order chi connectivity index (χ1) is 9.41. The monoisotopic (exact) mass is 304 g/mol. The molecule has 1 heterocycles. The standard InChI is InChI=1S/C12H20N2O5S/c1-8(11(16)14-3-5-19-6-4-14)20-7-10(12(17)18)13-9(2)15/h8,10H,3-7H2,1-2H3,(H,13,15)(H,17,18)/t8?,10-/m0/s1. The second-order valence-corrected chi connectivity index (χ2v) is 5.88. The molecule has 7 nitrogen and oxygen atoms in total. The van der Waals surface area contributed by atoms with Gasteiger partial charge in [0.1, 0.15) is 6.04 Å². The summed E-state index contributed by atoms with van der Waals surface area (Å²) in [5.74, 6) is -1.36. The molecular weight excluding hydrogens is 284 g/mol. The van der Waals surface area contributed by atoms with E-state index in [1.54, 1.807) is 11.8 Å². The molecule has 0 bridgehead atoms. The summed E-state index contributed by atoms with van der Waals surface area (Å²) in [7, 11) is 0. The van der Waals surface area contributed by atoms with Crippen molar-refractivity contribution in [2.75, 3.05) is 32.1 Å². The third-order valence-corrected chi connectivity index (χ3v) is 4.09. The van der Waals surface area contributed by atoms with Crippen molar-refractivity contribution < 1.29 is 24.2 Å². The zero-order chi connectivity index (χ0) is 15.1. The van der Waals surface area contributed by atoms with Gasteiger partial charge in [-0.05, 0) is 6.92 Å². The van der Waals surface area contributed by atoms with Crippen LogP contribution in [-0.4, -0.2) is 71.1 Å². The quantitative estimate of drug-likeness (QED) is 0.690. The average molecular weight is 304 g/mol. The number of morpholine rings is 1. The first kappa shape index (κ1) is 16.8. The van der Waals surface area contributed by atoms with Crippen molar-refractivity contribution in [2.45, 2.75) is 25.1 Å². The van der Waals surface area contributed by atoms with Gasteiger partial charge in [-0.2, -0.15) is 0 Å². The van der Waals surface area contributed by atoms with Gasteiger partial charge in [-0.15, -0.1) is 11.8 Å². The van der Waals surface area contributed by atoms with Crippen LogP contribution in [0.1, 0.15) is 13.8 Å². The molecule has 20 heavy (non-hydrogen) atoms. The Labute approximate surface area is 122 Å². The lowest BCUT2D eigenvalue weighted by atomic mass is 10.3. The van der Waals surface area contributed by atoms with Gasteiger partial charge in [0, 0.05) is 25.8 Å². The molecule has 2 N–H and O–H groups in total. The molecule has 1 unspecified atom stereocenters. The van der Waals surface area contributed by atoms with Crippen LogP contribution in [0.2, 0.25) is 0 Å². The van der Waals surface area contributed by atoms with E-state index < -0.39 is 17.9 Å². The van der Waals surface area contributed by atoms with Crippen molar-refractivity contribution in [3.8, 4) is 0 Å². The number of ether oxygens (including phenoxy) is 1. The molecule has 1 saturated heterocycles. The van der Waals surface area contributed by atoms with Crippen LogP contribution in [-0.2, 0) is 19.1 Å².